The summed E-state index contributed by atoms with van der Waals surface area (Å²) in [6.07, 6.45) is 5.43. The van der Waals surface area contributed by atoms with Crippen LogP contribution in [0, 0.1) is 5.41 Å². The summed E-state index contributed by atoms with van der Waals surface area (Å²) in [5.74, 6) is 0. The van der Waals surface area contributed by atoms with E-state index in [0.29, 0.717) is 19.3 Å². The Morgan fingerprint density at radius 1 is 1.25 bits per heavy atom. The Labute approximate surface area is 99.3 Å². The lowest BCUT2D eigenvalue weighted by atomic mass is 9.86. The van der Waals surface area contributed by atoms with E-state index in [4.69, 9.17) is 0 Å². The van der Waals surface area contributed by atoms with Crippen molar-refractivity contribution in [2.24, 2.45) is 9.81 Å². The van der Waals surface area contributed by atoms with Crippen LogP contribution in [-0.4, -0.2) is 20.8 Å². The molecule has 92 valence electrons. The Bertz CT molecular complexity index is 337. The van der Waals surface area contributed by atoms with Crippen LogP contribution in [0.1, 0.15) is 52.9 Å². The van der Waals surface area contributed by atoms with E-state index in [1.165, 1.54) is 0 Å². The fraction of sp³-hybridized carbons (Fsp3) is 0.917. The first-order valence-electron chi connectivity index (χ1n) is 5.91. The van der Waals surface area contributed by atoms with E-state index in [0.717, 1.165) is 12.8 Å². The van der Waals surface area contributed by atoms with Gasteiger partial charge in [0, 0.05) is 11.6 Å². The third-order valence-corrected chi connectivity index (χ3v) is 5.10. The van der Waals surface area contributed by atoms with Crippen LogP contribution in [0.5, 0.6) is 0 Å². The van der Waals surface area contributed by atoms with Crippen LogP contribution in [0.15, 0.2) is 4.40 Å². The summed E-state index contributed by atoms with van der Waals surface area (Å²) in [6, 6.07) is 0. The number of alkyl halides is 1. The van der Waals surface area contributed by atoms with Gasteiger partial charge in [-0.3, -0.25) is 0 Å². The lowest BCUT2D eigenvalue weighted by Crippen LogP contribution is -2.22. The predicted octanol–water partition coefficient (Wildman–Crippen LogP) is 3.19. The van der Waals surface area contributed by atoms with Crippen LogP contribution in [0.2, 0.25) is 0 Å². The largest absolute Gasteiger partial charge is 0.244 e. The first-order valence-corrected chi connectivity index (χ1v) is 7.02. The molecule has 0 radical (unpaired) electrons. The second-order valence-electron chi connectivity index (χ2n) is 6.29. The number of fused-ring (bicyclic) bond motifs is 2. The molecular weight excluding hydrogens is 225 g/mol. The van der Waals surface area contributed by atoms with E-state index in [-0.39, 0.29) is 10.2 Å². The maximum Gasteiger partial charge on any atom is 0.144 e. The lowest BCUT2D eigenvalue weighted by Gasteiger charge is -2.21. The molecule has 2 nitrogen and oxygen atoms in total. The van der Waals surface area contributed by atoms with E-state index in [1.54, 1.807) is 6.21 Å². The molecule has 0 unspecified atom stereocenters. The molecule has 0 heterocycles. The molecule has 0 N–H and O–H groups in total. The molecule has 2 saturated carbocycles. The van der Waals surface area contributed by atoms with Crippen molar-refractivity contribution in [2.45, 2.75) is 63.3 Å². The average Bonchev–Trinajstić information content (AvgIpc) is 2.67. The quantitative estimate of drug-likeness (QED) is 0.687. The molecule has 0 amide bonds. The van der Waals surface area contributed by atoms with Crippen LogP contribution in [0.3, 0.4) is 0 Å². The van der Waals surface area contributed by atoms with Gasteiger partial charge in [0.05, 0.1) is 4.75 Å². The van der Waals surface area contributed by atoms with Gasteiger partial charge in [-0.25, -0.2) is 8.60 Å². The Balaban J connectivity index is 2.06. The van der Waals surface area contributed by atoms with Crippen molar-refractivity contribution >= 4 is 17.2 Å². The van der Waals surface area contributed by atoms with Crippen LogP contribution in [0.4, 0.5) is 4.39 Å². The summed E-state index contributed by atoms with van der Waals surface area (Å²) in [4.78, 5) is 0. The van der Waals surface area contributed by atoms with E-state index >= 15 is 0 Å². The van der Waals surface area contributed by atoms with Gasteiger partial charge >= 0.3 is 0 Å². The first kappa shape index (κ1) is 12.2. The van der Waals surface area contributed by atoms with Crippen molar-refractivity contribution in [1.29, 1.82) is 0 Å². The number of hydrogen-bond acceptors (Lipinski definition) is 1. The smallest absolute Gasteiger partial charge is 0.144 e. The molecule has 2 bridgehead atoms. The normalized spacial score (nSPS) is 40.8. The Morgan fingerprint density at radius 2 is 1.81 bits per heavy atom. The highest BCUT2D eigenvalue weighted by molar-refractivity contribution is 7.85. The average molecular weight is 245 g/mol. The van der Waals surface area contributed by atoms with E-state index < -0.39 is 16.7 Å². The molecule has 0 spiro atoms. The van der Waals surface area contributed by atoms with Crippen LogP contribution in [-0.2, 0) is 11.0 Å². The van der Waals surface area contributed by atoms with Crippen molar-refractivity contribution in [1.82, 2.24) is 0 Å². The Hall–Kier alpha value is -0.250. The summed E-state index contributed by atoms with van der Waals surface area (Å²) in [7, 11) is -1.21. The Morgan fingerprint density at radius 3 is 2.19 bits per heavy atom. The highest BCUT2D eigenvalue weighted by Crippen LogP contribution is 2.57. The van der Waals surface area contributed by atoms with Gasteiger partial charge in [0.25, 0.3) is 0 Å². The van der Waals surface area contributed by atoms with E-state index in [9.17, 15) is 8.60 Å². The fourth-order valence-electron chi connectivity index (χ4n) is 2.67. The lowest BCUT2D eigenvalue weighted by molar-refractivity contribution is 0.176. The molecule has 0 aromatic carbocycles. The third-order valence-electron chi connectivity index (χ3n) is 3.76. The summed E-state index contributed by atoms with van der Waals surface area (Å²) in [5, 5.41) is 0. The molecule has 0 aliphatic heterocycles. The topological polar surface area (TPSA) is 29.4 Å². The zero-order valence-corrected chi connectivity index (χ0v) is 11.1. The van der Waals surface area contributed by atoms with Crippen molar-refractivity contribution in [3.05, 3.63) is 0 Å². The molecule has 0 aromatic heterocycles. The number of hydrogen-bond donors (Lipinski definition) is 0. The SMILES string of the molecule is CC(C)(C)[S@@](=O)/N=C/C12CCC(F)(CC1)C2. The second kappa shape index (κ2) is 3.62. The molecule has 2 fully saturated rings. The van der Waals surface area contributed by atoms with E-state index in [2.05, 4.69) is 4.40 Å². The molecule has 16 heavy (non-hydrogen) atoms. The van der Waals surface area contributed by atoms with Gasteiger partial charge in [0.1, 0.15) is 16.7 Å². The zero-order chi connectivity index (χ0) is 12.0. The van der Waals surface area contributed by atoms with Crippen molar-refractivity contribution < 1.29 is 8.60 Å². The van der Waals surface area contributed by atoms with Crippen LogP contribution in [0.25, 0.3) is 0 Å². The van der Waals surface area contributed by atoms with Crippen molar-refractivity contribution in [2.75, 3.05) is 0 Å². The second-order valence-corrected chi connectivity index (χ2v) is 8.22. The minimum absolute atomic E-state index is 0.0876. The van der Waals surface area contributed by atoms with Gasteiger partial charge < -0.3 is 0 Å². The molecule has 2 aliphatic rings. The number of nitrogens with zero attached hydrogens (tertiary/aromatic N) is 1. The maximum absolute atomic E-state index is 13.9. The summed E-state index contributed by atoms with van der Waals surface area (Å²) < 4.78 is 29.6. The highest BCUT2D eigenvalue weighted by Gasteiger charge is 2.54. The molecule has 1 atom stereocenters. The molecule has 0 saturated heterocycles. The number of rotatable bonds is 2. The molecule has 0 aromatic rings. The summed E-state index contributed by atoms with van der Waals surface area (Å²) in [6.45, 7) is 5.71. The van der Waals surface area contributed by atoms with Gasteiger partial charge in [0.2, 0.25) is 0 Å². The molecular formula is C12H20FNOS. The van der Waals surface area contributed by atoms with Gasteiger partial charge in [0.15, 0.2) is 0 Å². The molecule has 2 aliphatic carbocycles. The van der Waals surface area contributed by atoms with Crippen molar-refractivity contribution in [3.63, 3.8) is 0 Å². The fourth-order valence-corrected chi connectivity index (χ4v) is 3.31. The third kappa shape index (κ3) is 2.22. The Kier molecular flexibility index (Phi) is 2.76. The summed E-state index contributed by atoms with van der Waals surface area (Å²) >= 11 is 0. The maximum atomic E-state index is 13.9. The monoisotopic (exact) mass is 245 g/mol. The highest BCUT2D eigenvalue weighted by atomic mass is 32.2. The first-order chi connectivity index (χ1) is 7.25. The standard InChI is InChI=1S/C12H20FNOS/c1-10(2,3)16(15)14-9-11-4-6-12(13,8-11)7-5-11/h9H,4-8H2,1-3H3/b14-9+/t11?,12?,16-/m1/s1. The number of halogens is 1. The predicted molar refractivity (Wildman–Crippen MR) is 65.7 cm³/mol. The minimum atomic E-state index is -1.21. The van der Waals surface area contributed by atoms with E-state index in [1.807, 2.05) is 20.8 Å². The van der Waals surface area contributed by atoms with Crippen LogP contribution >= 0.6 is 0 Å². The molecule has 4 heteroatoms. The van der Waals surface area contributed by atoms with Gasteiger partial charge in [-0.2, -0.15) is 4.40 Å². The minimum Gasteiger partial charge on any atom is -0.244 e. The summed E-state index contributed by atoms with van der Waals surface area (Å²) in [5.41, 5.74) is -1.04. The van der Waals surface area contributed by atoms with Gasteiger partial charge in [-0.05, 0) is 52.9 Å². The zero-order valence-electron chi connectivity index (χ0n) is 10.3. The molecule has 2 rings (SSSR count). The van der Waals surface area contributed by atoms with Crippen LogP contribution < -0.4 is 0 Å². The van der Waals surface area contributed by atoms with Gasteiger partial charge in [-0.15, -0.1) is 0 Å². The van der Waals surface area contributed by atoms with Crippen molar-refractivity contribution in [3.8, 4) is 0 Å². The van der Waals surface area contributed by atoms with Gasteiger partial charge in [-0.1, -0.05) is 0 Å².